The number of thioether (sulfide) groups is 1. The van der Waals surface area contributed by atoms with E-state index in [1.807, 2.05) is 0 Å². The van der Waals surface area contributed by atoms with Crippen LogP contribution >= 0.6 is 11.8 Å². The second-order valence-corrected chi connectivity index (χ2v) is 7.97. The van der Waals surface area contributed by atoms with Crippen LogP contribution in [-0.4, -0.2) is 72.2 Å². The molecule has 0 bridgehead atoms. The number of esters is 1. The molecular formula is C17H19N5O8S. The van der Waals surface area contributed by atoms with Crippen molar-refractivity contribution in [3.63, 3.8) is 0 Å². The molecule has 1 fully saturated rings. The zero-order chi connectivity index (χ0) is 22.9. The summed E-state index contributed by atoms with van der Waals surface area (Å²) in [6.07, 6.45) is -0.0693. The molecule has 3 heterocycles. The highest BCUT2D eigenvalue weighted by Gasteiger charge is 2.54. The van der Waals surface area contributed by atoms with Crippen LogP contribution in [0.5, 0.6) is 0 Å². The number of carboxylic acid groups (broad SMARTS) is 1. The van der Waals surface area contributed by atoms with Crippen LogP contribution in [0.2, 0.25) is 0 Å². The fraction of sp³-hybridized carbons (Fsp3) is 0.471. The number of carbonyl (C=O) groups is 4. The number of nitrogens with zero attached hydrogens (tertiary/aromatic N) is 4. The fourth-order valence-electron chi connectivity index (χ4n) is 3.24. The van der Waals surface area contributed by atoms with E-state index in [0.717, 1.165) is 4.90 Å². The summed E-state index contributed by atoms with van der Waals surface area (Å²) in [6.45, 7) is 2.67. The van der Waals surface area contributed by atoms with Crippen LogP contribution < -0.4 is 5.32 Å². The van der Waals surface area contributed by atoms with Gasteiger partial charge in [-0.25, -0.2) is 4.79 Å². The van der Waals surface area contributed by atoms with Crippen LogP contribution in [0.25, 0.3) is 0 Å². The van der Waals surface area contributed by atoms with Gasteiger partial charge in [-0.2, -0.15) is 4.68 Å². The molecule has 2 atom stereocenters. The van der Waals surface area contributed by atoms with Crippen LogP contribution in [0.15, 0.2) is 17.3 Å². The number of aryl methyl sites for hydroxylation is 2. The number of nitrogens with one attached hydrogen (secondary N) is 1. The summed E-state index contributed by atoms with van der Waals surface area (Å²) in [5.41, 5.74) is 0.586. The van der Waals surface area contributed by atoms with Crippen molar-refractivity contribution in [2.24, 2.45) is 0 Å². The van der Waals surface area contributed by atoms with Crippen LogP contribution in [0.1, 0.15) is 19.0 Å². The van der Waals surface area contributed by atoms with E-state index in [4.69, 9.17) is 4.74 Å². The van der Waals surface area contributed by atoms with E-state index in [1.54, 1.807) is 6.92 Å². The molecule has 0 aromatic carbocycles. The second kappa shape index (κ2) is 8.75. The molecule has 2 aliphatic rings. The number of amides is 2. The summed E-state index contributed by atoms with van der Waals surface area (Å²) >= 11 is 1.26. The normalized spacial score (nSPS) is 20.1. The molecule has 1 saturated heterocycles. The molecule has 2 aliphatic heterocycles. The van der Waals surface area contributed by atoms with Gasteiger partial charge in [0, 0.05) is 24.7 Å². The Balaban J connectivity index is 1.62. The van der Waals surface area contributed by atoms with Crippen molar-refractivity contribution in [2.45, 2.75) is 38.2 Å². The number of hydrogen-bond acceptors (Lipinski definition) is 9. The summed E-state index contributed by atoms with van der Waals surface area (Å²) in [5, 5.41) is 26.1. The van der Waals surface area contributed by atoms with Crippen molar-refractivity contribution in [3.8, 4) is 0 Å². The van der Waals surface area contributed by atoms with E-state index in [9.17, 15) is 34.4 Å². The van der Waals surface area contributed by atoms with E-state index >= 15 is 0 Å². The topological polar surface area (TPSA) is 174 Å². The van der Waals surface area contributed by atoms with Crippen LogP contribution in [0.3, 0.4) is 0 Å². The maximum Gasteiger partial charge on any atom is 0.390 e. The Kier molecular flexibility index (Phi) is 6.29. The third kappa shape index (κ3) is 4.52. The summed E-state index contributed by atoms with van der Waals surface area (Å²) in [7, 11) is 0. The molecule has 0 saturated carbocycles. The van der Waals surface area contributed by atoms with Crippen LogP contribution in [-0.2, 0) is 30.5 Å². The number of β-lactam (4-membered cyclic amide) rings is 1. The molecule has 0 spiro atoms. The summed E-state index contributed by atoms with van der Waals surface area (Å²) in [5.74, 6) is -3.02. The first-order valence-corrected chi connectivity index (χ1v) is 10.2. The first-order chi connectivity index (χ1) is 14.6. The Morgan fingerprint density at radius 2 is 2.16 bits per heavy atom. The predicted octanol–water partition coefficient (Wildman–Crippen LogP) is -0.208. The minimum atomic E-state index is -1.32. The largest absolute Gasteiger partial charge is 0.477 e. The zero-order valence-corrected chi connectivity index (χ0v) is 17.4. The Hall–Kier alpha value is -3.42. The van der Waals surface area contributed by atoms with Crippen LogP contribution in [0, 0.1) is 17.0 Å². The molecule has 13 nitrogen and oxygen atoms in total. The van der Waals surface area contributed by atoms with E-state index in [2.05, 4.69) is 10.4 Å². The zero-order valence-electron chi connectivity index (χ0n) is 16.6. The molecule has 0 radical (unpaired) electrons. The number of carbonyl (C=O) groups excluding carboxylic acids is 3. The summed E-state index contributed by atoms with van der Waals surface area (Å²) in [6, 6.07) is 0.395. The van der Waals surface area contributed by atoms with Gasteiger partial charge >= 0.3 is 17.8 Å². The number of aromatic nitrogens is 2. The average Bonchev–Trinajstić information content (AvgIpc) is 3.08. The second-order valence-electron chi connectivity index (χ2n) is 6.87. The van der Waals surface area contributed by atoms with Crippen molar-refractivity contribution in [1.82, 2.24) is 20.0 Å². The molecule has 2 amide bonds. The lowest BCUT2D eigenvalue weighted by Crippen LogP contribution is -2.70. The highest BCUT2D eigenvalue weighted by Crippen LogP contribution is 2.40. The van der Waals surface area contributed by atoms with E-state index in [0.29, 0.717) is 11.3 Å². The highest BCUT2D eigenvalue weighted by molar-refractivity contribution is 8.00. The van der Waals surface area contributed by atoms with Gasteiger partial charge in [-0.3, -0.25) is 19.3 Å². The van der Waals surface area contributed by atoms with Gasteiger partial charge in [0.2, 0.25) is 5.91 Å². The number of aliphatic carboxylic acids is 1. The van der Waals surface area contributed by atoms with Crippen molar-refractivity contribution in [1.29, 1.82) is 0 Å². The molecule has 3 rings (SSSR count). The van der Waals surface area contributed by atoms with Gasteiger partial charge in [-0.05, 0) is 11.8 Å². The average molecular weight is 453 g/mol. The minimum Gasteiger partial charge on any atom is -0.477 e. The molecule has 1 aromatic heterocycles. The number of hydrogen-bond donors (Lipinski definition) is 2. The van der Waals surface area contributed by atoms with Crippen molar-refractivity contribution in [2.75, 3.05) is 12.4 Å². The Morgan fingerprint density at radius 3 is 2.74 bits per heavy atom. The smallest absolute Gasteiger partial charge is 0.390 e. The monoisotopic (exact) mass is 453 g/mol. The third-order valence-electron chi connectivity index (χ3n) is 4.72. The Morgan fingerprint density at radius 1 is 1.45 bits per heavy atom. The summed E-state index contributed by atoms with van der Waals surface area (Å²) < 4.78 is 6.19. The van der Waals surface area contributed by atoms with Gasteiger partial charge in [-0.15, -0.1) is 11.8 Å². The molecule has 2 N–H and O–H groups in total. The first-order valence-electron chi connectivity index (χ1n) is 9.11. The Bertz CT molecular complexity index is 1000. The molecule has 0 unspecified atom stereocenters. The van der Waals surface area contributed by atoms with Gasteiger partial charge in [0.1, 0.15) is 23.7 Å². The SMILES string of the molecule is CC(=O)OCC1=C(C(=O)O)N2C(=O)[C@H](NC(=O)CCn3nc([N+](=O)[O-])cc3C)[C@H]2SC1. The maximum absolute atomic E-state index is 12.5. The fourth-order valence-corrected chi connectivity index (χ4v) is 4.57. The van der Waals surface area contributed by atoms with Crippen molar-refractivity contribution < 1.29 is 33.9 Å². The lowest BCUT2D eigenvalue weighted by molar-refractivity contribution is -0.389. The van der Waals surface area contributed by atoms with E-state index < -0.39 is 40.1 Å². The van der Waals surface area contributed by atoms with Crippen LogP contribution in [0.4, 0.5) is 5.82 Å². The van der Waals surface area contributed by atoms with Crippen molar-refractivity contribution >= 4 is 41.3 Å². The molecule has 1 aromatic rings. The van der Waals surface area contributed by atoms with Gasteiger partial charge in [-0.1, -0.05) is 0 Å². The highest BCUT2D eigenvalue weighted by atomic mass is 32.2. The number of rotatable bonds is 8. The molecular weight excluding hydrogens is 434 g/mol. The third-order valence-corrected chi connectivity index (χ3v) is 6.06. The quantitative estimate of drug-likeness (QED) is 0.232. The maximum atomic E-state index is 12.5. The van der Waals surface area contributed by atoms with Crippen molar-refractivity contribution in [3.05, 3.63) is 33.1 Å². The molecule has 31 heavy (non-hydrogen) atoms. The van der Waals surface area contributed by atoms with Gasteiger partial charge in [0.25, 0.3) is 5.91 Å². The van der Waals surface area contributed by atoms with E-state index in [1.165, 1.54) is 29.4 Å². The first kappa shape index (κ1) is 22.3. The molecule has 0 aliphatic carbocycles. The van der Waals surface area contributed by atoms with E-state index in [-0.39, 0.29) is 36.8 Å². The summed E-state index contributed by atoms with van der Waals surface area (Å²) in [4.78, 5) is 58.7. The standard InChI is InChI=1S/C17H19N5O8S/c1-8-5-11(22(28)29)19-20(8)4-3-12(24)18-13-15(25)21-14(17(26)27)10(6-30-9(2)23)7-31-16(13)21/h5,13,16H,3-4,6-7H2,1-2H3,(H,18,24)(H,26,27)/t13-,16+/m0/s1. The lowest BCUT2D eigenvalue weighted by Gasteiger charge is -2.49. The number of ether oxygens (including phenoxy) is 1. The Labute approximate surface area is 179 Å². The molecule has 14 heteroatoms. The van der Waals surface area contributed by atoms with Gasteiger partial charge in [0.15, 0.2) is 0 Å². The lowest BCUT2D eigenvalue weighted by atomic mass is 10.0. The van der Waals surface area contributed by atoms with Gasteiger partial charge < -0.3 is 25.3 Å². The number of nitro groups is 1. The number of carboxylic acids is 1. The predicted molar refractivity (Wildman–Crippen MR) is 105 cm³/mol. The minimum absolute atomic E-state index is 0.0693. The van der Waals surface area contributed by atoms with Gasteiger partial charge in [0.05, 0.1) is 23.4 Å². The molecule has 166 valence electrons. The number of fused-ring (bicyclic) bond motifs is 1.